The minimum Gasteiger partial charge on any atom is -0.467 e. The van der Waals surface area contributed by atoms with Gasteiger partial charge in [0, 0.05) is 13.0 Å². The fourth-order valence-electron chi connectivity index (χ4n) is 2.30. The Morgan fingerprint density at radius 3 is 2.92 bits per heavy atom. The number of rotatable bonds is 7. The molecule has 0 aliphatic carbocycles. The first kappa shape index (κ1) is 16.5. The lowest BCUT2D eigenvalue weighted by Crippen LogP contribution is -2.38. The van der Waals surface area contributed by atoms with Crippen LogP contribution in [0, 0.1) is 0 Å². The van der Waals surface area contributed by atoms with E-state index in [1.54, 1.807) is 23.5 Å². The van der Waals surface area contributed by atoms with Crippen LogP contribution in [0.3, 0.4) is 0 Å². The molecule has 0 fully saturated rings. The third-order valence-corrected chi connectivity index (χ3v) is 4.61. The number of benzene rings is 1. The predicted octanol–water partition coefficient (Wildman–Crippen LogP) is 2.85. The monoisotopic (exact) mass is 345 g/mol. The molecule has 0 bridgehead atoms. The Morgan fingerprint density at radius 1 is 1.25 bits per heavy atom. The topological polar surface area (TPSA) is 87.4 Å². The van der Waals surface area contributed by atoms with Gasteiger partial charge in [0.1, 0.15) is 11.9 Å². The van der Waals surface area contributed by atoms with Crippen molar-refractivity contribution >= 4 is 27.6 Å². The number of aliphatic hydroxyl groups is 1. The van der Waals surface area contributed by atoms with E-state index in [1.807, 2.05) is 18.2 Å². The normalized spacial score (nSPS) is 12.2. The number of furan rings is 1. The van der Waals surface area contributed by atoms with Crippen molar-refractivity contribution in [2.24, 2.45) is 0 Å². The number of hydrogen-bond donors (Lipinski definition) is 3. The Morgan fingerprint density at radius 2 is 2.12 bits per heavy atom. The summed E-state index contributed by atoms with van der Waals surface area (Å²) in [5.74, 6) is 0.436. The minimum absolute atomic E-state index is 0.108. The number of nitrogens with one attached hydrogen (secondary N) is 2. The maximum absolute atomic E-state index is 11.7. The second kappa shape index (κ2) is 7.94. The summed E-state index contributed by atoms with van der Waals surface area (Å²) in [6, 6.07) is 11.1. The van der Waals surface area contributed by atoms with Crippen LogP contribution in [0.4, 0.5) is 4.79 Å². The molecule has 2 heterocycles. The van der Waals surface area contributed by atoms with Crippen LogP contribution in [0.2, 0.25) is 0 Å². The predicted molar refractivity (Wildman–Crippen MR) is 93.0 cm³/mol. The van der Waals surface area contributed by atoms with E-state index in [-0.39, 0.29) is 12.6 Å². The molecule has 0 saturated carbocycles. The third-order valence-electron chi connectivity index (χ3n) is 3.52. The molecule has 7 heteroatoms. The Balaban J connectivity index is 1.34. The van der Waals surface area contributed by atoms with Crippen molar-refractivity contribution in [1.29, 1.82) is 0 Å². The van der Waals surface area contributed by atoms with Gasteiger partial charge in [0.2, 0.25) is 0 Å². The molecule has 0 spiro atoms. The fourth-order valence-corrected chi connectivity index (χ4v) is 3.31. The van der Waals surface area contributed by atoms with Gasteiger partial charge < -0.3 is 20.2 Å². The van der Waals surface area contributed by atoms with Gasteiger partial charge in [0.05, 0.1) is 28.0 Å². The highest BCUT2D eigenvalue weighted by atomic mass is 32.1. The summed E-state index contributed by atoms with van der Waals surface area (Å²) >= 11 is 1.69. The second-order valence-corrected chi connectivity index (χ2v) is 6.46. The molecule has 3 N–H and O–H groups in total. The van der Waals surface area contributed by atoms with E-state index < -0.39 is 6.10 Å². The number of amides is 2. The number of fused-ring (bicyclic) bond motifs is 1. The Kier molecular flexibility index (Phi) is 5.45. The van der Waals surface area contributed by atoms with Crippen molar-refractivity contribution in [3.8, 4) is 0 Å². The molecule has 3 aromatic rings. The van der Waals surface area contributed by atoms with E-state index in [0.717, 1.165) is 23.4 Å². The molecule has 1 aromatic carbocycles. The number of carbonyl (C=O) groups excluding carboxylic acids is 1. The van der Waals surface area contributed by atoms with E-state index in [9.17, 15) is 9.90 Å². The van der Waals surface area contributed by atoms with E-state index in [2.05, 4.69) is 21.7 Å². The number of urea groups is 1. The molecular formula is C17H19N3O3S. The third kappa shape index (κ3) is 4.33. The maximum atomic E-state index is 11.7. The van der Waals surface area contributed by atoms with Gasteiger partial charge in [-0.2, -0.15) is 0 Å². The molecule has 6 nitrogen and oxygen atoms in total. The van der Waals surface area contributed by atoms with Crippen LogP contribution < -0.4 is 10.6 Å². The van der Waals surface area contributed by atoms with Gasteiger partial charge in [-0.25, -0.2) is 9.78 Å². The van der Waals surface area contributed by atoms with E-state index >= 15 is 0 Å². The lowest BCUT2D eigenvalue weighted by molar-refractivity contribution is 0.148. The number of aliphatic hydroxyl groups excluding tert-OH is 1. The standard InChI is InChI=1S/C17H19N3O3S/c21-13(14-6-4-10-23-14)11-19-17(22)18-9-3-8-16-20-12-5-1-2-7-15(12)24-16/h1-2,4-7,10,13,21H,3,8-9,11H2,(H2,18,19,22). The Labute approximate surface area is 143 Å². The van der Waals surface area contributed by atoms with Crippen LogP contribution in [0.5, 0.6) is 0 Å². The molecule has 2 aromatic heterocycles. The molecule has 0 radical (unpaired) electrons. The number of nitrogens with zero attached hydrogens (tertiary/aromatic N) is 1. The largest absolute Gasteiger partial charge is 0.467 e. The lowest BCUT2D eigenvalue weighted by atomic mass is 10.3. The van der Waals surface area contributed by atoms with Crippen molar-refractivity contribution in [1.82, 2.24) is 15.6 Å². The highest BCUT2D eigenvalue weighted by molar-refractivity contribution is 7.18. The highest BCUT2D eigenvalue weighted by Crippen LogP contribution is 2.22. The van der Waals surface area contributed by atoms with Crippen molar-refractivity contribution in [3.05, 3.63) is 53.4 Å². The molecule has 1 unspecified atom stereocenters. The molecule has 3 rings (SSSR count). The molecule has 0 aliphatic heterocycles. The summed E-state index contributed by atoms with van der Waals surface area (Å²) in [4.78, 5) is 16.3. The number of hydrogen-bond acceptors (Lipinski definition) is 5. The zero-order valence-corrected chi connectivity index (χ0v) is 13.9. The molecule has 126 valence electrons. The van der Waals surface area contributed by atoms with Gasteiger partial charge in [-0.15, -0.1) is 11.3 Å². The minimum atomic E-state index is -0.839. The first-order valence-corrected chi connectivity index (χ1v) is 8.61. The summed E-state index contributed by atoms with van der Waals surface area (Å²) < 4.78 is 6.26. The van der Waals surface area contributed by atoms with Gasteiger partial charge >= 0.3 is 6.03 Å². The zero-order chi connectivity index (χ0) is 16.8. The number of thiazole rings is 1. The van der Waals surface area contributed by atoms with Crippen molar-refractivity contribution < 1.29 is 14.3 Å². The van der Waals surface area contributed by atoms with Gasteiger partial charge in [-0.05, 0) is 30.7 Å². The summed E-state index contributed by atoms with van der Waals surface area (Å²) in [6.45, 7) is 0.663. The van der Waals surface area contributed by atoms with Crippen LogP contribution in [-0.4, -0.2) is 29.2 Å². The molecule has 1 atom stereocenters. The number of aryl methyl sites for hydroxylation is 1. The van der Waals surface area contributed by atoms with Crippen molar-refractivity contribution in [3.63, 3.8) is 0 Å². The van der Waals surface area contributed by atoms with Crippen molar-refractivity contribution in [2.75, 3.05) is 13.1 Å². The number of aromatic nitrogens is 1. The van der Waals surface area contributed by atoms with Crippen LogP contribution in [0.1, 0.15) is 23.3 Å². The maximum Gasteiger partial charge on any atom is 0.314 e. The smallest absolute Gasteiger partial charge is 0.314 e. The van der Waals surface area contributed by atoms with E-state index in [0.29, 0.717) is 12.3 Å². The Bertz CT molecular complexity index is 752. The number of carbonyl (C=O) groups is 1. The average Bonchev–Trinajstić information content (AvgIpc) is 3.25. The highest BCUT2D eigenvalue weighted by Gasteiger charge is 2.11. The van der Waals surface area contributed by atoms with Crippen LogP contribution in [0.15, 0.2) is 47.1 Å². The quantitative estimate of drug-likeness (QED) is 0.575. The van der Waals surface area contributed by atoms with E-state index in [4.69, 9.17) is 4.42 Å². The summed E-state index contributed by atoms with van der Waals surface area (Å²) in [7, 11) is 0. The van der Waals surface area contributed by atoms with Crippen LogP contribution in [-0.2, 0) is 6.42 Å². The lowest BCUT2D eigenvalue weighted by Gasteiger charge is -2.10. The molecule has 0 saturated heterocycles. The summed E-state index contributed by atoms with van der Waals surface area (Å²) in [5, 5.41) is 16.3. The van der Waals surface area contributed by atoms with Gasteiger partial charge in [0.25, 0.3) is 0 Å². The number of para-hydroxylation sites is 1. The Hall–Kier alpha value is -2.38. The van der Waals surface area contributed by atoms with Gasteiger partial charge in [0.15, 0.2) is 0 Å². The van der Waals surface area contributed by atoms with E-state index in [1.165, 1.54) is 11.0 Å². The van der Waals surface area contributed by atoms with Crippen molar-refractivity contribution in [2.45, 2.75) is 18.9 Å². The summed E-state index contributed by atoms with van der Waals surface area (Å²) in [5.41, 5.74) is 1.02. The van der Waals surface area contributed by atoms with Gasteiger partial charge in [-0.3, -0.25) is 0 Å². The fraction of sp³-hybridized carbons (Fsp3) is 0.294. The molecule has 0 aliphatic rings. The molecule has 24 heavy (non-hydrogen) atoms. The van der Waals surface area contributed by atoms with Crippen LogP contribution in [0.25, 0.3) is 10.2 Å². The second-order valence-electron chi connectivity index (χ2n) is 5.35. The average molecular weight is 345 g/mol. The molecular weight excluding hydrogens is 326 g/mol. The van der Waals surface area contributed by atoms with Crippen LogP contribution >= 0.6 is 11.3 Å². The SMILES string of the molecule is O=C(NCCCc1nc2ccccc2s1)NCC(O)c1ccco1. The zero-order valence-electron chi connectivity index (χ0n) is 13.1. The first-order chi connectivity index (χ1) is 11.7. The first-order valence-electron chi connectivity index (χ1n) is 7.80. The summed E-state index contributed by atoms with van der Waals surface area (Å²) in [6.07, 6.45) is 2.29. The molecule has 2 amide bonds. The van der Waals surface area contributed by atoms with Gasteiger partial charge in [-0.1, -0.05) is 12.1 Å².